The Morgan fingerprint density at radius 2 is 2.00 bits per heavy atom. The fourth-order valence-electron chi connectivity index (χ4n) is 1.34. The summed E-state index contributed by atoms with van der Waals surface area (Å²) in [5.41, 5.74) is 3.53. The molecule has 0 saturated heterocycles. The molecule has 0 saturated carbocycles. The molecule has 0 aliphatic heterocycles. The number of hydrogen-bond acceptors (Lipinski definition) is 9. The molecule has 0 amide bonds. The topological polar surface area (TPSA) is 89.6 Å². The molecule has 3 N–H and O–H groups in total. The standard InChI is InChI=1S/C10H14N6S3/c1-4-6-12-7(14-11)5(2)8(13-6)18-10-16-15-9(17-3)19-10/h4,11H2,1-3H3,(H,12,13,14). The zero-order valence-corrected chi connectivity index (χ0v) is 13.2. The van der Waals surface area contributed by atoms with Gasteiger partial charge < -0.3 is 5.43 Å². The maximum absolute atomic E-state index is 5.48. The average Bonchev–Trinajstić information content (AvgIpc) is 2.88. The SMILES string of the molecule is CCc1nc(NN)c(C)c(Sc2nnc(SC)s2)n1. The molecule has 9 heteroatoms. The predicted molar refractivity (Wildman–Crippen MR) is 79.8 cm³/mol. The summed E-state index contributed by atoms with van der Waals surface area (Å²) in [6.07, 6.45) is 2.74. The van der Waals surface area contributed by atoms with Crippen LogP contribution in [0.4, 0.5) is 5.82 Å². The molecule has 0 aliphatic rings. The van der Waals surface area contributed by atoms with E-state index in [0.29, 0.717) is 5.82 Å². The highest BCUT2D eigenvalue weighted by Crippen LogP contribution is 2.34. The molecule has 0 radical (unpaired) electrons. The molecular weight excluding hydrogens is 300 g/mol. The summed E-state index contributed by atoms with van der Waals surface area (Å²) < 4.78 is 1.82. The van der Waals surface area contributed by atoms with Gasteiger partial charge in [-0.1, -0.05) is 30.0 Å². The fraction of sp³-hybridized carbons (Fsp3) is 0.400. The van der Waals surface area contributed by atoms with E-state index in [2.05, 4.69) is 25.6 Å². The number of hydrogen-bond donors (Lipinski definition) is 2. The molecule has 19 heavy (non-hydrogen) atoms. The maximum atomic E-state index is 5.48. The molecule has 0 aromatic carbocycles. The van der Waals surface area contributed by atoms with Crippen molar-refractivity contribution in [2.24, 2.45) is 5.84 Å². The molecule has 0 atom stereocenters. The summed E-state index contributed by atoms with van der Waals surface area (Å²) in [6, 6.07) is 0. The third kappa shape index (κ3) is 3.35. The van der Waals surface area contributed by atoms with Crippen molar-refractivity contribution in [1.29, 1.82) is 0 Å². The number of nitrogens with two attached hydrogens (primary N) is 1. The van der Waals surface area contributed by atoms with Crippen LogP contribution in [0, 0.1) is 6.92 Å². The fourth-order valence-corrected chi connectivity index (χ4v) is 3.79. The first-order valence-electron chi connectivity index (χ1n) is 5.57. The van der Waals surface area contributed by atoms with Gasteiger partial charge in [-0.2, -0.15) is 0 Å². The van der Waals surface area contributed by atoms with Crippen LogP contribution >= 0.6 is 34.9 Å². The van der Waals surface area contributed by atoms with Gasteiger partial charge in [0.15, 0.2) is 8.68 Å². The summed E-state index contributed by atoms with van der Waals surface area (Å²) >= 11 is 4.64. The molecule has 102 valence electrons. The Bertz CT molecular complexity index is 570. The van der Waals surface area contributed by atoms with E-state index in [0.717, 1.165) is 31.5 Å². The van der Waals surface area contributed by atoms with Gasteiger partial charge in [0.25, 0.3) is 0 Å². The number of nitrogens with one attached hydrogen (secondary N) is 1. The predicted octanol–water partition coefficient (Wildman–Crippen LogP) is 2.36. The maximum Gasteiger partial charge on any atom is 0.181 e. The zero-order valence-electron chi connectivity index (χ0n) is 10.8. The molecular formula is C10H14N6S3. The number of aromatic nitrogens is 4. The molecule has 0 spiro atoms. The van der Waals surface area contributed by atoms with Crippen LogP contribution in [0.25, 0.3) is 0 Å². The van der Waals surface area contributed by atoms with Gasteiger partial charge in [-0.05, 0) is 24.9 Å². The minimum atomic E-state index is 0.656. The van der Waals surface area contributed by atoms with Crippen LogP contribution in [0.2, 0.25) is 0 Å². The van der Waals surface area contributed by atoms with E-state index in [-0.39, 0.29) is 0 Å². The van der Waals surface area contributed by atoms with Crippen LogP contribution in [-0.2, 0) is 6.42 Å². The summed E-state index contributed by atoms with van der Waals surface area (Å²) in [7, 11) is 0. The van der Waals surface area contributed by atoms with E-state index >= 15 is 0 Å². The van der Waals surface area contributed by atoms with Gasteiger partial charge in [0.1, 0.15) is 16.7 Å². The average molecular weight is 314 g/mol. The lowest BCUT2D eigenvalue weighted by molar-refractivity contribution is 0.869. The van der Waals surface area contributed by atoms with Gasteiger partial charge in [0.05, 0.1) is 0 Å². The molecule has 0 aliphatic carbocycles. The van der Waals surface area contributed by atoms with Crippen molar-refractivity contribution in [3.63, 3.8) is 0 Å². The number of thioether (sulfide) groups is 1. The highest BCUT2D eigenvalue weighted by atomic mass is 32.2. The summed E-state index contributed by atoms with van der Waals surface area (Å²) in [5.74, 6) is 6.90. The van der Waals surface area contributed by atoms with E-state index in [1.807, 2.05) is 20.1 Å². The first-order chi connectivity index (χ1) is 9.17. The second kappa shape index (κ2) is 6.51. The smallest absolute Gasteiger partial charge is 0.181 e. The molecule has 2 rings (SSSR count). The van der Waals surface area contributed by atoms with Crippen molar-refractivity contribution in [3.05, 3.63) is 11.4 Å². The Morgan fingerprint density at radius 1 is 1.26 bits per heavy atom. The third-order valence-electron chi connectivity index (χ3n) is 2.35. The normalized spacial score (nSPS) is 10.7. The van der Waals surface area contributed by atoms with Crippen LogP contribution in [0.15, 0.2) is 13.7 Å². The molecule has 0 unspecified atom stereocenters. The Balaban J connectivity index is 2.32. The number of nitrogens with zero attached hydrogens (tertiary/aromatic N) is 4. The third-order valence-corrected chi connectivity index (χ3v) is 5.39. The van der Waals surface area contributed by atoms with Gasteiger partial charge in [0, 0.05) is 12.0 Å². The molecule has 2 aromatic heterocycles. The Hall–Kier alpha value is -0.900. The molecule has 0 bridgehead atoms. The van der Waals surface area contributed by atoms with Crippen molar-refractivity contribution in [2.45, 2.75) is 34.0 Å². The van der Waals surface area contributed by atoms with Crippen LogP contribution in [0.1, 0.15) is 18.3 Å². The molecule has 2 heterocycles. The number of hydrazine groups is 1. The lowest BCUT2D eigenvalue weighted by atomic mass is 10.3. The molecule has 0 fully saturated rings. The summed E-state index contributed by atoms with van der Waals surface area (Å²) in [5, 5.41) is 9.07. The van der Waals surface area contributed by atoms with Crippen molar-refractivity contribution in [3.8, 4) is 0 Å². The number of nitrogen functional groups attached to an aromatic ring is 1. The van der Waals surface area contributed by atoms with E-state index in [1.165, 1.54) is 11.8 Å². The van der Waals surface area contributed by atoms with Crippen molar-refractivity contribution < 1.29 is 0 Å². The van der Waals surface area contributed by atoms with Crippen LogP contribution in [0.5, 0.6) is 0 Å². The lowest BCUT2D eigenvalue weighted by Gasteiger charge is -2.09. The highest BCUT2D eigenvalue weighted by Gasteiger charge is 2.13. The quantitative estimate of drug-likeness (QED) is 0.376. The highest BCUT2D eigenvalue weighted by molar-refractivity contribution is 8.03. The van der Waals surface area contributed by atoms with Gasteiger partial charge >= 0.3 is 0 Å². The van der Waals surface area contributed by atoms with Crippen LogP contribution in [-0.4, -0.2) is 26.4 Å². The van der Waals surface area contributed by atoms with E-state index in [1.54, 1.807) is 23.1 Å². The van der Waals surface area contributed by atoms with Gasteiger partial charge in [-0.15, -0.1) is 10.2 Å². The van der Waals surface area contributed by atoms with Crippen molar-refractivity contribution >= 4 is 40.7 Å². The Morgan fingerprint density at radius 3 is 2.58 bits per heavy atom. The first kappa shape index (κ1) is 14.5. The van der Waals surface area contributed by atoms with Gasteiger partial charge in [0.2, 0.25) is 0 Å². The number of anilines is 1. The van der Waals surface area contributed by atoms with Crippen molar-refractivity contribution in [2.75, 3.05) is 11.7 Å². The Labute approximate surface area is 124 Å². The summed E-state index contributed by atoms with van der Waals surface area (Å²) in [4.78, 5) is 8.85. The monoisotopic (exact) mass is 314 g/mol. The lowest BCUT2D eigenvalue weighted by Crippen LogP contribution is -2.13. The van der Waals surface area contributed by atoms with Crippen molar-refractivity contribution in [1.82, 2.24) is 20.2 Å². The largest absolute Gasteiger partial charge is 0.308 e. The van der Waals surface area contributed by atoms with E-state index in [9.17, 15) is 0 Å². The molecule has 2 aromatic rings. The number of aryl methyl sites for hydroxylation is 1. The zero-order chi connectivity index (χ0) is 13.8. The minimum Gasteiger partial charge on any atom is -0.308 e. The Kier molecular flexibility index (Phi) is 4.97. The number of rotatable bonds is 5. The minimum absolute atomic E-state index is 0.656. The van der Waals surface area contributed by atoms with E-state index in [4.69, 9.17) is 5.84 Å². The van der Waals surface area contributed by atoms with E-state index < -0.39 is 0 Å². The van der Waals surface area contributed by atoms with Gasteiger partial charge in [-0.25, -0.2) is 15.8 Å². The first-order valence-corrected chi connectivity index (χ1v) is 8.43. The second-order valence-electron chi connectivity index (χ2n) is 3.56. The van der Waals surface area contributed by atoms with Crippen LogP contribution in [0.3, 0.4) is 0 Å². The molecule has 6 nitrogen and oxygen atoms in total. The van der Waals surface area contributed by atoms with Crippen LogP contribution < -0.4 is 11.3 Å². The van der Waals surface area contributed by atoms with Gasteiger partial charge in [-0.3, -0.25) is 0 Å². The second-order valence-corrected chi connectivity index (χ2v) is 6.82. The summed E-state index contributed by atoms with van der Waals surface area (Å²) in [6.45, 7) is 3.95.